The van der Waals surface area contributed by atoms with Crippen molar-refractivity contribution in [2.45, 2.75) is 34.6 Å². The number of allylic oxidation sites excluding steroid dienone is 4. The van der Waals surface area contributed by atoms with Gasteiger partial charge in [0.05, 0.1) is 0 Å². The Bertz CT molecular complexity index is 214. The molecule has 0 amide bonds. The highest BCUT2D eigenvalue weighted by molar-refractivity contribution is 5.47. The van der Waals surface area contributed by atoms with Crippen LogP contribution in [-0.4, -0.2) is 0 Å². The predicted molar refractivity (Wildman–Crippen MR) is 45.9 cm³/mol. The fourth-order valence-corrected chi connectivity index (χ4v) is 1.32. The average Bonchev–Trinajstić information content (AvgIpc) is 2.41. The van der Waals surface area contributed by atoms with Crippen molar-refractivity contribution in [2.24, 2.45) is 5.41 Å². The largest absolute Gasteiger partial charge is 0.0763 e. The Hall–Kier alpha value is -0.520. The van der Waals surface area contributed by atoms with Crippen LogP contribution in [0, 0.1) is 5.41 Å². The van der Waals surface area contributed by atoms with Crippen molar-refractivity contribution < 1.29 is 0 Å². The Morgan fingerprint density at radius 3 is 1.80 bits per heavy atom. The van der Waals surface area contributed by atoms with Crippen LogP contribution < -0.4 is 0 Å². The van der Waals surface area contributed by atoms with Gasteiger partial charge in [0.2, 0.25) is 0 Å². The lowest BCUT2D eigenvalue weighted by Crippen LogP contribution is -2.01. The third kappa shape index (κ3) is 0.920. The van der Waals surface area contributed by atoms with E-state index in [0.29, 0.717) is 5.41 Å². The van der Waals surface area contributed by atoms with Gasteiger partial charge >= 0.3 is 0 Å². The summed E-state index contributed by atoms with van der Waals surface area (Å²) in [7, 11) is 0. The van der Waals surface area contributed by atoms with E-state index in [0.717, 1.165) is 0 Å². The van der Waals surface area contributed by atoms with Crippen molar-refractivity contribution >= 4 is 0 Å². The zero-order valence-corrected chi connectivity index (χ0v) is 7.58. The number of hydrogen-bond acceptors (Lipinski definition) is 0. The van der Waals surface area contributed by atoms with E-state index >= 15 is 0 Å². The van der Waals surface area contributed by atoms with Crippen LogP contribution in [0.3, 0.4) is 0 Å². The topological polar surface area (TPSA) is 0 Å². The van der Waals surface area contributed by atoms with E-state index in [2.05, 4.69) is 40.7 Å². The maximum atomic E-state index is 2.33. The van der Waals surface area contributed by atoms with Gasteiger partial charge in [-0.05, 0) is 34.6 Å². The molecule has 0 saturated heterocycles. The molecule has 1 rings (SSSR count). The standard InChI is InChI=1S/C10H16/c1-7(2)9(4)10(5)6-8(10)3/h6H,1-5H3. The quantitative estimate of drug-likeness (QED) is 0.485. The van der Waals surface area contributed by atoms with E-state index in [1.165, 1.54) is 16.7 Å². The van der Waals surface area contributed by atoms with E-state index in [-0.39, 0.29) is 0 Å². The molecule has 0 aliphatic heterocycles. The summed E-state index contributed by atoms with van der Waals surface area (Å²) >= 11 is 0. The van der Waals surface area contributed by atoms with Gasteiger partial charge in [-0.25, -0.2) is 0 Å². The van der Waals surface area contributed by atoms with Gasteiger partial charge in [0.15, 0.2) is 0 Å². The fraction of sp³-hybridized carbons (Fsp3) is 0.600. The van der Waals surface area contributed by atoms with Crippen LogP contribution in [-0.2, 0) is 0 Å². The van der Waals surface area contributed by atoms with Gasteiger partial charge in [-0.15, -0.1) is 0 Å². The zero-order valence-electron chi connectivity index (χ0n) is 7.58. The summed E-state index contributed by atoms with van der Waals surface area (Å²) in [6.07, 6.45) is 2.33. The number of rotatable bonds is 1. The first kappa shape index (κ1) is 7.59. The Morgan fingerprint density at radius 1 is 1.30 bits per heavy atom. The van der Waals surface area contributed by atoms with Crippen molar-refractivity contribution in [1.82, 2.24) is 0 Å². The van der Waals surface area contributed by atoms with Crippen molar-refractivity contribution in [2.75, 3.05) is 0 Å². The average molecular weight is 136 g/mol. The van der Waals surface area contributed by atoms with E-state index in [9.17, 15) is 0 Å². The van der Waals surface area contributed by atoms with Crippen molar-refractivity contribution in [3.05, 3.63) is 22.8 Å². The molecular weight excluding hydrogens is 120 g/mol. The molecule has 0 heterocycles. The summed E-state index contributed by atoms with van der Waals surface area (Å²) in [6.45, 7) is 11.1. The molecule has 1 aliphatic rings. The van der Waals surface area contributed by atoms with Gasteiger partial charge in [-0.1, -0.05) is 22.8 Å². The van der Waals surface area contributed by atoms with E-state index in [1.807, 2.05) is 0 Å². The molecule has 0 saturated carbocycles. The predicted octanol–water partition coefficient (Wildman–Crippen LogP) is 3.31. The maximum Gasteiger partial charge on any atom is 0.0272 e. The van der Waals surface area contributed by atoms with Crippen molar-refractivity contribution in [3.8, 4) is 0 Å². The first-order valence-corrected chi connectivity index (χ1v) is 3.83. The minimum atomic E-state index is 0.360. The fourth-order valence-electron chi connectivity index (χ4n) is 1.32. The van der Waals surface area contributed by atoms with Crippen LogP contribution in [0.1, 0.15) is 34.6 Å². The van der Waals surface area contributed by atoms with Crippen molar-refractivity contribution in [3.63, 3.8) is 0 Å². The molecule has 56 valence electrons. The van der Waals surface area contributed by atoms with Crippen molar-refractivity contribution in [1.29, 1.82) is 0 Å². The van der Waals surface area contributed by atoms with E-state index in [1.54, 1.807) is 0 Å². The van der Waals surface area contributed by atoms with Gasteiger partial charge in [0.1, 0.15) is 0 Å². The third-order valence-corrected chi connectivity index (χ3v) is 2.77. The highest BCUT2D eigenvalue weighted by Crippen LogP contribution is 2.49. The smallest absolute Gasteiger partial charge is 0.0272 e. The Morgan fingerprint density at radius 2 is 1.70 bits per heavy atom. The van der Waals surface area contributed by atoms with Crippen LogP contribution in [0.15, 0.2) is 22.8 Å². The lowest BCUT2D eigenvalue weighted by atomic mass is 9.91. The van der Waals surface area contributed by atoms with E-state index in [4.69, 9.17) is 0 Å². The van der Waals surface area contributed by atoms with Gasteiger partial charge in [-0.2, -0.15) is 0 Å². The summed E-state index contributed by atoms with van der Waals surface area (Å²) in [6, 6.07) is 0. The summed E-state index contributed by atoms with van der Waals surface area (Å²) in [4.78, 5) is 0. The van der Waals surface area contributed by atoms with Crippen LogP contribution in [0.5, 0.6) is 0 Å². The minimum absolute atomic E-state index is 0.360. The SMILES string of the molecule is CC1=CC1(C)C(C)=C(C)C. The molecule has 0 bridgehead atoms. The first-order chi connectivity index (χ1) is 4.48. The van der Waals surface area contributed by atoms with Gasteiger partial charge in [0.25, 0.3) is 0 Å². The second kappa shape index (κ2) is 1.98. The summed E-state index contributed by atoms with van der Waals surface area (Å²) in [5.41, 5.74) is 4.85. The second-order valence-corrected chi connectivity index (χ2v) is 3.65. The molecule has 1 atom stereocenters. The first-order valence-electron chi connectivity index (χ1n) is 3.83. The van der Waals surface area contributed by atoms with Crippen LogP contribution >= 0.6 is 0 Å². The Balaban J connectivity index is 2.80. The summed E-state index contributed by atoms with van der Waals surface area (Å²) < 4.78 is 0. The molecule has 0 heteroatoms. The summed E-state index contributed by atoms with van der Waals surface area (Å²) in [5, 5.41) is 0. The zero-order chi connectivity index (χ0) is 7.94. The van der Waals surface area contributed by atoms with Crippen LogP contribution in [0.25, 0.3) is 0 Å². The maximum absolute atomic E-state index is 2.33. The lowest BCUT2D eigenvalue weighted by molar-refractivity contribution is 0.724. The van der Waals surface area contributed by atoms with Gasteiger partial charge in [-0.3, -0.25) is 0 Å². The monoisotopic (exact) mass is 136 g/mol. The highest BCUT2D eigenvalue weighted by atomic mass is 14.4. The molecule has 0 aromatic heterocycles. The molecule has 0 nitrogen and oxygen atoms in total. The third-order valence-electron chi connectivity index (χ3n) is 2.77. The van der Waals surface area contributed by atoms with Gasteiger partial charge < -0.3 is 0 Å². The minimum Gasteiger partial charge on any atom is -0.0763 e. The molecular formula is C10H16. The lowest BCUT2D eigenvalue weighted by Gasteiger charge is -2.13. The highest BCUT2D eigenvalue weighted by Gasteiger charge is 2.37. The Labute approximate surface area is 63.6 Å². The number of hydrogen-bond donors (Lipinski definition) is 0. The molecule has 1 unspecified atom stereocenters. The molecule has 1 aliphatic carbocycles. The molecule has 0 N–H and O–H groups in total. The molecule has 0 radical (unpaired) electrons. The molecule has 0 aromatic carbocycles. The normalized spacial score (nSPS) is 29.5. The second-order valence-electron chi connectivity index (χ2n) is 3.65. The van der Waals surface area contributed by atoms with Crippen LogP contribution in [0.2, 0.25) is 0 Å². The van der Waals surface area contributed by atoms with Gasteiger partial charge in [0, 0.05) is 5.41 Å². The Kier molecular flexibility index (Phi) is 1.50. The molecule has 0 fully saturated rings. The molecule has 10 heavy (non-hydrogen) atoms. The molecule has 0 aromatic rings. The van der Waals surface area contributed by atoms with E-state index < -0.39 is 0 Å². The molecule has 0 spiro atoms. The van der Waals surface area contributed by atoms with Crippen LogP contribution in [0.4, 0.5) is 0 Å². The summed E-state index contributed by atoms with van der Waals surface area (Å²) in [5.74, 6) is 0.